The molecular formula is C15H15ClFNO. The number of aliphatic hydroxyl groups excluding tert-OH is 1. The van der Waals surface area contributed by atoms with Gasteiger partial charge in [-0.15, -0.1) is 0 Å². The van der Waals surface area contributed by atoms with Crippen molar-refractivity contribution in [1.82, 2.24) is 0 Å². The number of hydrogen-bond acceptors (Lipinski definition) is 2. The third kappa shape index (κ3) is 3.25. The molecule has 100 valence electrons. The van der Waals surface area contributed by atoms with E-state index in [1.54, 1.807) is 24.3 Å². The highest BCUT2D eigenvalue weighted by Crippen LogP contribution is 2.27. The normalized spacial score (nSPS) is 13.9. The Morgan fingerprint density at radius 3 is 2.47 bits per heavy atom. The molecule has 0 bridgehead atoms. The maximum Gasteiger partial charge on any atom is 0.123 e. The van der Waals surface area contributed by atoms with Gasteiger partial charge in [0.15, 0.2) is 0 Å². The molecule has 2 N–H and O–H groups in total. The average Bonchev–Trinajstić information content (AvgIpc) is 2.41. The molecule has 0 heterocycles. The van der Waals surface area contributed by atoms with Crippen LogP contribution in [0.4, 0.5) is 10.1 Å². The molecule has 2 rings (SSSR count). The van der Waals surface area contributed by atoms with Crippen molar-refractivity contribution < 1.29 is 9.50 Å². The van der Waals surface area contributed by atoms with Crippen LogP contribution in [0.15, 0.2) is 48.5 Å². The van der Waals surface area contributed by atoms with Gasteiger partial charge in [-0.1, -0.05) is 23.7 Å². The second-order valence-corrected chi connectivity index (χ2v) is 5.07. The summed E-state index contributed by atoms with van der Waals surface area (Å²) in [5.74, 6) is -0.293. The van der Waals surface area contributed by atoms with E-state index in [4.69, 9.17) is 11.6 Å². The fourth-order valence-electron chi connectivity index (χ4n) is 1.89. The third-order valence-corrected chi connectivity index (χ3v) is 3.28. The lowest BCUT2D eigenvalue weighted by molar-refractivity contribution is 0.224. The van der Waals surface area contributed by atoms with E-state index in [9.17, 15) is 9.50 Å². The van der Waals surface area contributed by atoms with Crippen LogP contribution in [0.1, 0.15) is 12.5 Å². The first-order valence-corrected chi connectivity index (χ1v) is 6.32. The first kappa shape index (κ1) is 13.8. The van der Waals surface area contributed by atoms with Crippen molar-refractivity contribution in [2.45, 2.75) is 12.5 Å². The first-order valence-electron chi connectivity index (χ1n) is 5.94. The fourth-order valence-corrected chi connectivity index (χ4v) is 2.08. The lowest BCUT2D eigenvalue weighted by atomic mass is 9.92. The van der Waals surface area contributed by atoms with Gasteiger partial charge in [-0.05, 0) is 48.9 Å². The molecule has 1 atom stereocenters. The van der Waals surface area contributed by atoms with Gasteiger partial charge < -0.3 is 10.4 Å². The molecule has 0 radical (unpaired) electrons. The molecule has 4 heteroatoms. The zero-order valence-electron chi connectivity index (χ0n) is 10.5. The number of rotatable bonds is 4. The molecule has 0 saturated carbocycles. The van der Waals surface area contributed by atoms with Gasteiger partial charge in [0.1, 0.15) is 5.82 Å². The second kappa shape index (κ2) is 5.59. The highest BCUT2D eigenvalue weighted by Gasteiger charge is 2.25. The number of nitrogens with one attached hydrogen (secondary N) is 1. The highest BCUT2D eigenvalue weighted by atomic mass is 35.5. The standard InChI is InChI=1S/C15H15ClFNO/c1-15(10-19,11-3-2-4-12(16)9-11)18-14-7-5-13(17)6-8-14/h2-9,18-19H,10H2,1H3. The van der Waals surface area contributed by atoms with E-state index < -0.39 is 5.54 Å². The molecule has 0 aromatic heterocycles. The Kier molecular flexibility index (Phi) is 4.08. The lowest BCUT2D eigenvalue weighted by Gasteiger charge is -2.30. The van der Waals surface area contributed by atoms with Crippen molar-refractivity contribution in [3.05, 3.63) is 64.9 Å². The Labute approximate surface area is 116 Å². The van der Waals surface area contributed by atoms with Gasteiger partial charge >= 0.3 is 0 Å². The van der Waals surface area contributed by atoms with Crippen LogP contribution in [0.25, 0.3) is 0 Å². The summed E-state index contributed by atoms with van der Waals surface area (Å²) in [4.78, 5) is 0. The minimum absolute atomic E-state index is 0.106. The van der Waals surface area contributed by atoms with Crippen molar-refractivity contribution in [2.24, 2.45) is 0 Å². The minimum Gasteiger partial charge on any atom is -0.394 e. The van der Waals surface area contributed by atoms with Gasteiger partial charge in [-0.3, -0.25) is 0 Å². The van der Waals surface area contributed by atoms with Crippen molar-refractivity contribution in [1.29, 1.82) is 0 Å². The molecule has 0 spiro atoms. The van der Waals surface area contributed by atoms with Crippen LogP contribution in [0.2, 0.25) is 5.02 Å². The fraction of sp³-hybridized carbons (Fsp3) is 0.200. The maximum absolute atomic E-state index is 12.9. The van der Waals surface area contributed by atoms with Gasteiger partial charge in [-0.2, -0.15) is 0 Å². The molecule has 2 nitrogen and oxygen atoms in total. The monoisotopic (exact) mass is 279 g/mol. The number of aliphatic hydroxyl groups is 1. The zero-order valence-corrected chi connectivity index (χ0v) is 11.3. The largest absolute Gasteiger partial charge is 0.394 e. The van der Waals surface area contributed by atoms with E-state index in [2.05, 4.69) is 5.32 Å². The quantitative estimate of drug-likeness (QED) is 0.892. The van der Waals surface area contributed by atoms with Crippen LogP contribution in [-0.4, -0.2) is 11.7 Å². The minimum atomic E-state index is -0.678. The Morgan fingerprint density at radius 1 is 1.21 bits per heavy atom. The second-order valence-electron chi connectivity index (χ2n) is 4.63. The summed E-state index contributed by atoms with van der Waals surface area (Å²) in [7, 11) is 0. The van der Waals surface area contributed by atoms with E-state index in [-0.39, 0.29) is 12.4 Å². The first-order chi connectivity index (χ1) is 9.03. The molecule has 0 saturated heterocycles. The summed E-state index contributed by atoms with van der Waals surface area (Å²) in [6.45, 7) is 1.76. The number of halogens is 2. The predicted octanol–water partition coefficient (Wildman–Crippen LogP) is 3.80. The highest BCUT2D eigenvalue weighted by molar-refractivity contribution is 6.30. The summed E-state index contributed by atoms with van der Waals surface area (Å²) in [6.07, 6.45) is 0. The van der Waals surface area contributed by atoms with Crippen LogP contribution in [0.3, 0.4) is 0 Å². The summed E-state index contributed by atoms with van der Waals surface area (Å²) >= 11 is 5.97. The van der Waals surface area contributed by atoms with E-state index in [1.807, 2.05) is 19.1 Å². The molecule has 19 heavy (non-hydrogen) atoms. The molecule has 2 aromatic rings. The molecular weight excluding hydrogens is 265 g/mol. The Balaban J connectivity index is 2.30. The third-order valence-electron chi connectivity index (χ3n) is 3.04. The molecule has 2 aromatic carbocycles. The summed E-state index contributed by atoms with van der Waals surface area (Å²) in [6, 6.07) is 13.3. The SMILES string of the molecule is CC(CO)(Nc1ccc(F)cc1)c1cccc(Cl)c1. The summed E-state index contributed by atoms with van der Waals surface area (Å²) in [5, 5.41) is 13.5. The van der Waals surface area contributed by atoms with Gasteiger partial charge in [0.25, 0.3) is 0 Å². The van der Waals surface area contributed by atoms with Crippen molar-refractivity contribution >= 4 is 17.3 Å². The van der Waals surface area contributed by atoms with E-state index in [1.165, 1.54) is 12.1 Å². The summed E-state index contributed by atoms with van der Waals surface area (Å²) in [5.41, 5.74) is 0.924. The van der Waals surface area contributed by atoms with Gasteiger partial charge in [0.05, 0.1) is 12.1 Å². The Bertz CT molecular complexity index is 558. The smallest absolute Gasteiger partial charge is 0.123 e. The van der Waals surface area contributed by atoms with E-state index in [0.717, 1.165) is 11.3 Å². The van der Waals surface area contributed by atoms with E-state index >= 15 is 0 Å². The van der Waals surface area contributed by atoms with Crippen LogP contribution < -0.4 is 5.32 Å². The summed E-state index contributed by atoms with van der Waals surface area (Å²) < 4.78 is 12.9. The van der Waals surface area contributed by atoms with Gasteiger partial charge in [0, 0.05) is 10.7 Å². The number of hydrogen-bond donors (Lipinski definition) is 2. The van der Waals surface area contributed by atoms with Crippen molar-refractivity contribution in [3.8, 4) is 0 Å². The predicted molar refractivity (Wildman–Crippen MR) is 75.9 cm³/mol. The Hall–Kier alpha value is -1.58. The lowest BCUT2D eigenvalue weighted by Crippen LogP contribution is -2.35. The molecule has 0 amide bonds. The van der Waals surface area contributed by atoms with Crippen molar-refractivity contribution in [2.75, 3.05) is 11.9 Å². The van der Waals surface area contributed by atoms with Crippen LogP contribution in [0.5, 0.6) is 0 Å². The van der Waals surface area contributed by atoms with E-state index in [0.29, 0.717) is 5.02 Å². The average molecular weight is 280 g/mol. The molecule has 0 aliphatic rings. The van der Waals surface area contributed by atoms with Crippen LogP contribution in [0, 0.1) is 5.82 Å². The number of benzene rings is 2. The topological polar surface area (TPSA) is 32.3 Å². The van der Waals surface area contributed by atoms with Crippen molar-refractivity contribution in [3.63, 3.8) is 0 Å². The van der Waals surface area contributed by atoms with Crippen LogP contribution in [-0.2, 0) is 5.54 Å². The molecule has 0 aliphatic heterocycles. The molecule has 0 aliphatic carbocycles. The van der Waals surface area contributed by atoms with Gasteiger partial charge in [0.2, 0.25) is 0 Å². The molecule has 0 fully saturated rings. The Morgan fingerprint density at radius 2 is 1.89 bits per heavy atom. The molecule has 1 unspecified atom stereocenters. The zero-order chi connectivity index (χ0) is 13.9. The van der Waals surface area contributed by atoms with Gasteiger partial charge in [-0.25, -0.2) is 4.39 Å². The maximum atomic E-state index is 12.9. The van der Waals surface area contributed by atoms with Crippen LogP contribution >= 0.6 is 11.6 Å². The number of anilines is 1.